The maximum Gasteiger partial charge on any atom is 0.308 e. The highest BCUT2D eigenvalue weighted by molar-refractivity contribution is 5.72. The van der Waals surface area contributed by atoms with Crippen LogP contribution in [0.5, 0.6) is 0 Å². The van der Waals surface area contributed by atoms with Gasteiger partial charge in [0.1, 0.15) is 30.6 Å². The van der Waals surface area contributed by atoms with E-state index < -0.39 is 47.7 Å². The number of carbonyl (C=O) groups is 3. The van der Waals surface area contributed by atoms with E-state index in [4.69, 9.17) is 24.7 Å². The zero-order valence-corrected chi connectivity index (χ0v) is 25.9. The maximum atomic E-state index is 13.3. The molecule has 4 heterocycles. The summed E-state index contributed by atoms with van der Waals surface area (Å²) in [7, 11) is 0. The van der Waals surface area contributed by atoms with Gasteiger partial charge < -0.3 is 24.7 Å². The molecule has 2 aromatic heterocycles. The molecule has 2 aliphatic rings. The number of hydrogen-bond donors (Lipinski definition) is 1. The van der Waals surface area contributed by atoms with E-state index in [0.717, 1.165) is 38.5 Å². The van der Waals surface area contributed by atoms with E-state index in [2.05, 4.69) is 16.2 Å². The topological polar surface area (TPSA) is 168 Å². The third-order valence-corrected chi connectivity index (χ3v) is 8.33. The molecule has 44 heavy (non-hydrogen) atoms. The fourth-order valence-corrected chi connectivity index (χ4v) is 5.85. The van der Waals surface area contributed by atoms with Crippen molar-refractivity contribution in [3.63, 3.8) is 0 Å². The second kappa shape index (κ2) is 15.8. The van der Waals surface area contributed by atoms with Crippen LogP contribution in [0.15, 0.2) is 18.5 Å². The molecule has 12 heteroatoms. The number of fused-ring (bicyclic) bond motifs is 2. The molecule has 4 rings (SSSR count). The van der Waals surface area contributed by atoms with Crippen LogP contribution in [0.25, 0.3) is 5.52 Å². The Morgan fingerprint density at radius 2 is 1.57 bits per heavy atom. The monoisotopic (exact) mass is 611 g/mol. The molecule has 12 nitrogen and oxygen atoms in total. The van der Waals surface area contributed by atoms with Gasteiger partial charge in [-0.1, -0.05) is 78.1 Å². The summed E-state index contributed by atoms with van der Waals surface area (Å²) in [5.74, 6) is -1.76. The zero-order valence-electron chi connectivity index (χ0n) is 25.9. The maximum absolute atomic E-state index is 13.3. The first-order valence-electron chi connectivity index (χ1n) is 16.0. The Hall–Kier alpha value is -3.72. The molecule has 0 spiro atoms. The average Bonchev–Trinajstić information content (AvgIpc) is 3.56. The predicted molar refractivity (Wildman–Crippen MR) is 160 cm³/mol. The van der Waals surface area contributed by atoms with Crippen molar-refractivity contribution in [1.82, 2.24) is 14.6 Å². The Morgan fingerprint density at radius 3 is 2.14 bits per heavy atom. The molecule has 2 saturated heterocycles. The number of nitrogen functional groups attached to an aromatic ring is 1. The highest BCUT2D eigenvalue weighted by atomic mass is 16.7. The van der Waals surface area contributed by atoms with Gasteiger partial charge in [-0.2, -0.15) is 10.4 Å². The Kier molecular flexibility index (Phi) is 11.9. The van der Waals surface area contributed by atoms with Gasteiger partial charge in [0, 0.05) is 12.8 Å². The fraction of sp³-hybridized carbons (Fsp3) is 0.688. The van der Waals surface area contributed by atoms with Crippen LogP contribution >= 0.6 is 0 Å². The highest BCUT2D eigenvalue weighted by Gasteiger charge is 2.62. The highest BCUT2D eigenvalue weighted by Crippen LogP contribution is 2.44. The summed E-state index contributed by atoms with van der Waals surface area (Å²) < 4.78 is 25.2. The lowest BCUT2D eigenvalue weighted by atomic mass is 9.92. The molecule has 0 radical (unpaired) electrons. The minimum absolute atomic E-state index is 0.135. The van der Waals surface area contributed by atoms with Crippen molar-refractivity contribution >= 4 is 29.2 Å². The van der Waals surface area contributed by atoms with Crippen molar-refractivity contribution in [1.29, 1.82) is 5.26 Å². The molecule has 2 N–H and O–H groups in total. The van der Waals surface area contributed by atoms with Gasteiger partial charge in [0.15, 0.2) is 18.0 Å². The van der Waals surface area contributed by atoms with Gasteiger partial charge in [-0.15, -0.1) is 0 Å². The van der Waals surface area contributed by atoms with Crippen LogP contribution < -0.4 is 5.73 Å². The van der Waals surface area contributed by atoms with E-state index in [0.29, 0.717) is 18.4 Å². The predicted octanol–water partition coefficient (Wildman–Crippen LogP) is 4.93. The minimum atomic E-state index is -1.96. The fourth-order valence-electron chi connectivity index (χ4n) is 5.85. The first kappa shape index (κ1) is 33.2. The number of anilines is 1. The van der Waals surface area contributed by atoms with Crippen molar-refractivity contribution in [2.45, 2.75) is 128 Å². The number of nitrogens with two attached hydrogens (primary N) is 1. The number of hydrogen-bond acceptors (Lipinski definition) is 11. The second-order valence-corrected chi connectivity index (χ2v) is 12.1. The first-order valence-corrected chi connectivity index (χ1v) is 16.0. The smallest absolute Gasteiger partial charge is 0.308 e. The molecule has 0 bridgehead atoms. The number of ether oxygens (including phenoxy) is 4. The van der Waals surface area contributed by atoms with Gasteiger partial charge in [-0.3, -0.25) is 14.4 Å². The standard InChI is InChI=1S/C32H45N5O7/c1-22(2)31(40)41-19-24-28-29(32(20-33,44-24)25-18-17-23-30(34)35-21-36-37(23)25)43-27(39)16-14-12-10-8-6-4-3-5-7-9-11-13-15-26(38)42-28/h17-18,21-22,24,28-29H,3-16,19H2,1-2H3,(H2,34,35,36)/t24-,28-,29-,32+/m1/s1. The van der Waals surface area contributed by atoms with Crippen LogP contribution in [-0.2, 0) is 38.9 Å². The van der Waals surface area contributed by atoms with Crippen molar-refractivity contribution in [2.24, 2.45) is 5.92 Å². The quantitative estimate of drug-likeness (QED) is 0.368. The molecule has 0 unspecified atom stereocenters. The van der Waals surface area contributed by atoms with Gasteiger partial charge >= 0.3 is 17.9 Å². The molecule has 0 amide bonds. The lowest BCUT2D eigenvalue weighted by Gasteiger charge is -2.28. The van der Waals surface area contributed by atoms with E-state index >= 15 is 0 Å². The summed E-state index contributed by atoms with van der Waals surface area (Å²) >= 11 is 0. The van der Waals surface area contributed by atoms with Gasteiger partial charge in [0.2, 0.25) is 5.60 Å². The minimum Gasteiger partial charge on any atom is -0.463 e. The Morgan fingerprint density at radius 1 is 1.00 bits per heavy atom. The largest absolute Gasteiger partial charge is 0.463 e. The number of carbonyl (C=O) groups excluding carboxylic acids is 3. The molecule has 0 aliphatic carbocycles. The summed E-state index contributed by atoms with van der Waals surface area (Å²) in [5.41, 5.74) is 4.74. The van der Waals surface area contributed by atoms with E-state index in [-0.39, 0.29) is 31.0 Å². The van der Waals surface area contributed by atoms with Gasteiger partial charge in [0.05, 0.1) is 11.6 Å². The average molecular weight is 612 g/mol. The molecular weight excluding hydrogens is 566 g/mol. The van der Waals surface area contributed by atoms with Gasteiger partial charge in [-0.05, 0) is 25.0 Å². The second-order valence-electron chi connectivity index (χ2n) is 12.1. The van der Waals surface area contributed by atoms with Crippen LogP contribution in [0, 0.1) is 17.2 Å². The van der Waals surface area contributed by atoms with E-state index in [1.54, 1.807) is 26.0 Å². The third kappa shape index (κ3) is 8.05. The first-order chi connectivity index (χ1) is 21.3. The van der Waals surface area contributed by atoms with Crippen molar-refractivity contribution in [3.8, 4) is 6.07 Å². The van der Waals surface area contributed by atoms with Crippen LogP contribution in [0.4, 0.5) is 5.82 Å². The summed E-state index contributed by atoms with van der Waals surface area (Å²) in [5, 5.41) is 15.0. The number of esters is 3. The van der Waals surface area contributed by atoms with Gasteiger partial charge in [0.25, 0.3) is 0 Å². The van der Waals surface area contributed by atoms with E-state index in [9.17, 15) is 19.6 Å². The van der Waals surface area contributed by atoms with Gasteiger partial charge in [-0.25, -0.2) is 9.50 Å². The molecule has 2 aliphatic heterocycles. The van der Waals surface area contributed by atoms with Crippen LogP contribution in [0.3, 0.4) is 0 Å². The summed E-state index contributed by atoms with van der Waals surface area (Å²) in [6.45, 7) is 3.07. The molecular formula is C32H45N5O7. The lowest BCUT2D eigenvalue weighted by Crippen LogP contribution is -2.46. The lowest BCUT2D eigenvalue weighted by molar-refractivity contribution is -0.170. The number of aromatic nitrogens is 3. The van der Waals surface area contributed by atoms with Crippen molar-refractivity contribution < 1.29 is 33.3 Å². The van der Waals surface area contributed by atoms with E-state index in [1.165, 1.54) is 36.5 Å². The summed E-state index contributed by atoms with van der Waals surface area (Å²) in [6.07, 6.45) is 10.0. The molecule has 2 aromatic rings. The Labute approximate surface area is 258 Å². The van der Waals surface area contributed by atoms with E-state index in [1.807, 2.05) is 0 Å². The molecule has 4 atom stereocenters. The molecule has 2 fully saturated rings. The van der Waals surface area contributed by atoms with Crippen LogP contribution in [0.2, 0.25) is 0 Å². The van der Waals surface area contributed by atoms with Crippen LogP contribution in [-0.4, -0.2) is 57.4 Å². The number of nitriles is 1. The number of nitrogens with zero attached hydrogens (tertiary/aromatic N) is 4. The van der Waals surface area contributed by atoms with Crippen molar-refractivity contribution in [3.05, 3.63) is 24.2 Å². The van der Waals surface area contributed by atoms with Crippen molar-refractivity contribution in [2.75, 3.05) is 12.3 Å². The molecule has 240 valence electrons. The SMILES string of the molecule is CC(C)C(=O)OC[C@H]1O[C@@](C#N)(c2ccc3c(N)ncnn23)[C@@H]2OC(=O)CCCCCCCCCCCCCCC(=O)O[C@@H]21. The molecule has 0 aromatic carbocycles. The molecule has 0 saturated carbocycles. The normalized spacial score (nSPS) is 26.7. The zero-order chi connectivity index (χ0) is 31.5. The summed E-state index contributed by atoms with van der Waals surface area (Å²) in [4.78, 5) is 42.9. The Balaban J connectivity index is 1.68. The number of rotatable bonds is 4. The van der Waals surface area contributed by atoms with Crippen LogP contribution in [0.1, 0.15) is 109 Å². The third-order valence-electron chi connectivity index (χ3n) is 8.33. The summed E-state index contributed by atoms with van der Waals surface area (Å²) in [6, 6.07) is 5.42. The Bertz CT molecular complexity index is 1320.